The van der Waals surface area contributed by atoms with Crippen LogP contribution in [0.1, 0.15) is 11.1 Å². The first-order valence-corrected chi connectivity index (χ1v) is 5.90. The van der Waals surface area contributed by atoms with E-state index in [1.165, 1.54) is 0 Å². The normalized spacial score (nSPS) is 10.9. The van der Waals surface area contributed by atoms with Crippen LogP contribution in [0.25, 0.3) is 0 Å². The van der Waals surface area contributed by atoms with Gasteiger partial charge in [-0.1, -0.05) is 22.0 Å². The van der Waals surface area contributed by atoms with Crippen LogP contribution in [0, 0.1) is 6.92 Å². The zero-order chi connectivity index (χ0) is 12.3. The van der Waals surface area contributed by atoms with Gasteiger partial charge in [-0.2, -0.15) is 0 Å². The predicted molar refractivity (Wildman–Crippen MR) is 72.0 cm³/mol. The van der Waals surface area contributed by atoms with Gasteiger partial charge in [0.2, 0.25) is 0 Å². The summed E-state index contributed by atoms with van der Waals surface area (Å²) < 4.78 is 0.897. The summed E-state index contributed by atoms with van der Waals surface area (Å²) >= 11 is 3.34. The minimum Gasteiger partial charge on any atom is -0.507 e. The number of benzene rings is 1. The molecule has 0 bridgehead atoms. The van der Waals surface area contributed by atoms with Gasteiger partial charge in [0, 0.05) is 22.4 Å². The van der Waals surface area contributed by atoms with E-state index in [2.05, 4.69) is 25.9 Å². The molecule has 86 valence electrons. The molecule has 1 heterocycles. The Morgan fingerprint density at radius 2 is 2.12 bits per heavy atom. The van der Waals surface area contributed by atoms with Crippen molar-refractivity contribution in [3.63, 3.8) is 0 Å². The van der Waals surface area contributed by atoms with E-state index in [0.29, 0.717) is 11.4 Å². The number of phenols is 1. The van der Waals surface area contributed by atoms with Crippen molar-refractivity contribution < 1.29 is 5.11 Å². The lowest BCUT2D eigenvalue weighted by Crippen LogP contribution is -1.83. The third kappa shape index (κ3) is 3.14. The Kier molecular flexibility index (Phi) is 3.54. The van der Waals surface area contributed by atoms with E-state index in [1.807, 2.05) is 19.1 Å². The van der Waals surface area contributed by atoms with Crippen LogP contribution < -0.4 is 0 Å². The van der Waals surface area contributed by atoms with Gasteiger partial charge in [0.25, 0.3) is 0 Å². The Hall–Kier alpha value is -1.68. The number of aliphatic imine (C=N–C) groups is 1. The van der Waals surface area contributed by atoms with E-state index in [1.54, 1.807) is 30.6 Å². The maximum atomic E-state index is 9.62. The molecule has 0 spiro atoms. The molecule has 1 aromatic heterocycles. The molecule has 0 fully saturated rings. The lowest BCUT2D eigenvalue weighted by Gasteiger charge is -1.99. The second kappa shape index (κ2) is 5.10. The highest BCUT2D eigenvalue weighted by atomic mass is 79.9. The number of aromatic hydroxyl groups is 1. The van der Waals surface area contributed by atoms with Gasteiger partial charge in [-0.3, -0.25) is 0 Å². The molecule has 2 aromatic rings. The minimum atomic E-state index is 0.198. The van der Waals surface area contributed by atoms with E-state index in [4.69, 9.17) is 0 Å². The molecule has 4 heteroatoms. The Balaban J connectivity index is 2.25. The van der Waals surface area contributed by atoms with Crippen LogP contribution in [0.3, 0.4) is 0 Å². The van der Waals surface area contributed by atoms with E-state index in [-0.39, 0.29) is 5.75 Å². The maximum absolute atomic E-state index is 9.62. The zero-order valence-corrected chi connectivity index (χ0v) is 10.8. The number of pyridine rings is 1. The maximum Gasteiger partial charge on any atom is 0.151 e. The molecule has 0 atom stereocenters. The van der Waals surface area contributed by atoms with Crippen molar-refractivity contribution in [1.29, 1.82) is 0 Å². The first kappa shape index (κ1) is 11.8. The molecule has 0 radical (unpaired) electrons. The average molecular weight is 291 g/mol. The fraction of sp³-hybridized carbons (Fsp3) is 0.0769. The molecule has 0 aliphatic carbocycles. The van der Waals surface area contributed by atoms with Gasteiger partial charge >= 0.3 is 0 Å². The van der Waals surface area contributed by atoms with E-state index in [9.17, 15) is 5.11 Å². The van der Waals surface area contributed by atoms with Crippen LogP contribution in [-0.4, -0.2) is 16.3 Å². The number of hydrogen-bond donors (Lipinski definition) is 1. The molecular weight excluding hydrogens is 280 g/mol. The first-order valence-electron chi connectivity index (χ1n) is 5.10. The summed E-state index contributed by atoms with van der Waals surface area (Å²) in [4.78, 5) is 8.36. The molecule has 0 aliphatic heterocycles. The number of nitrogens with zero attached hydrogens (tertiary/aromatic N) is 2. The SMILES string of the molecule is Cc1ccc(N=Cc2cc(Br)ccc2O)nc1. The number of phenolic OH excluding ortho intramolecular Hbond substituents is 1. The monoisotopic (exact) mass is 290 g/mol. The number of aryl methyl sites for hydroxylation is 1. The molecule has 0 unspecified atom stereocenters. The summed E-state index contributed by atoms with van der Waals surface area (Å²) in [6, 6.07) is 8.97. The molecule has 2 rings (SSSR count). The Labute approximate surface area is 108 Å². The van der Waals surface area contributed by atoms with E-state index in [0.717, 1.165) is 10.0 Å². The Morgan fingerprint density at radius 1 is 1.29 bits per heavy atom. The van der Waals surface area contributed by atoms with Crippen LogP contribution in [0.2, 0.25) is 0 Å². The largest absolute Gasteiger partial charge is 0.507 e. The van der Waals surface area contributed by atoms with Gasteiger partial charge in [0.1, 0.15) is 5.75 Å². The van der Waals surface area contributed by atoms with Crippen molar-refractivity contribution in [3.8, 4) is 5.75 Å². The fourth-order valence-electron chi connectivity index (χ4n) is 1.30. The summed E-state index contributed by atoms with van der Waals surface area (Å²) in [5.41, 5.74) is 1.75. The summed E-state index contributed by atoms with van der Waals surface area (Å²) in [5, 5.41) is 9.62. The van der Waals surface area contributed by atoms with Gasteiger partial charge in [-0.05, 0) is 36.8 Å². The Bertz CT molecular complexity index is 550. The summed E-state index contributed by atoms with van der Waals surface area (Å²) in [6.45, 7) is 1.97. The van der Waals surface area contributed by atoms with Gasteiger partial charge in [0.15, 0.2) is 5.82 Å². The second-order valence-corrected chi connectivity index (χ2v) is 4.57. The number of halogens is 1. The lowest BCUT2D eigenvalue weighted by molar-refractivity contribution is 0.474. The van der Waals surface area contributed by atoms with Crippen LogP contribution >= 0.6 is 15.9 Å². The Morgan fingerprint density at radius 3 is 2.82 bits per heavy atom. The van der Waals surface area contributed by atoms with Crippen molar-refractivity contribution >= 4 is 28.0 Å². The van der Waals surface area contributed by atoms with Crippen LogP contribution in [-0.2, 0) is 0 Å². The van der Waals surface area contributed by atoms with E-state index >= 15 is 0 Å². The van der Waals surface area contributed by atoms with Crippen molar-refractivity contribution in [2.75, 3.05) is 0 Å². The number of hydrogen-bond acceptors (Lipinski definition) is 3. The molecule has 0 saturated carbocycles. The highest BCUT2D eigenvalue weighted by Crippen LogP contribution is 2.20. The molecule has 0 aliphatic rings. The summed E-state index contributed by atoms with van der Waals surface area (Å²) in [7, 11) is 0. The summed E-state index contributed by atoms with van der Waals surface area (Å²) in [6.07, 6.45) is 3.35. The van der Waals surface area contributed by atoms with Gasteiger partial charge in [0.05, 0.1) is 0 Å². The molecule has 0 saturated heterocycles. The smallest absolute Gasteiger partial charge is 0.151 e. The van der Waals surface area contributed by atoms with Crippen molar-refractivity contribution in [3.05, 3.63) is 52.1 Å². The molecular formula is C13H11BrN2O. The van der Waals surface area contributed by atoms with Gasteiger partial charge in [-0.15, -0.1) is 0 Å². The minimum absolute atomic E-state index is 0.198. The molecule has 17 heavy (non-hydrogen) atoms. The molecule has 1 N–H and O–H groups in total. The molecule has 0 amide bonds. The standard InChI is InChI=1S/C13H11BrN2O/c1-9-2-5-13(15-7-9)16-8-10-6-11(14)3-4-12(10)17/h2-8,17H,1H3. The third-order valence-corrected chi connectivity index (χ3v) is 2.71. The summed E-state index contributed by atoms with van der Waals surface area (Å²) in [5.74, 6) is 0.819. The van der Waals surface area contributed by atoms with Crippen LogP contribution in [0.4, 0.5) is 5.82 Å². The topological polar surface area (TPSA) is 45.5 Å². The van der Waals surface area contributed by atoms with Crippen molar-refractivity contribution in [2.45, 2.75) is 6.92 Å². The predicted octanol–water partition coefficient (Wildman–Crippen LogP) is 3.61. The number of rotatable bonds is 2. The zero-order valence-electron chi connectivity index (χ0n) is 9.26. The average Bonchev–Trinajstić information content (AvgIpc) is 2.32. The molecule has 1 aromatic carbocycles. The van der Waals surface area contributed by atoms with Crippen molar-refractivity contribution in [2.24, 2.45) is 4.99 Å². The lowest BCUT2D eigenvalue weighted by atomic mass is 10.2. The van der Waals surface area contributed by atoms with Gasteiger partial charge < -0.3 is 5.11 Å². The highest BCUT2D eigenvalue weighted by Gasteiger charge is 1.98. The van der Waals surface area contributed by atoms with E-state index < -0.39 is 0 Å². The van der Waals surface area contributed by atoms with Gasteiger partial charge in [-0.25, -0.2) is 9.98 Å². The van der Waals surface area contributed by atoms with Crippen molar-refractivity contribution in [1.82, 2.24) is 4.98 Å². The molecule has 3 nitrogen and oxygen atoms in total. The van der Waals surface area contributed by atoms with Crippen LogP contribution in [0.5, 0.6) is 5.75 Å². The first-order chi connectivity index (χ1) is 8.15. The second-order valence-electron chi connectivity index (χ2n) is 3.66. The highest BCUT2D eigenvalue weighted by molar-refractivity contribution is 9.10. The third-order valence-electron chi connectivity index (χ3n) is 2.22. The van der Waals surface area contributed by atoms with Crippen LogP contribution in [0.15, 0.2) is 46.0 Å². The number of aromatic nitrogens is 1. The fourth-order valence-corrected chi connectivity index (χ4v) is 1.68. The quantitative estimate of drug-likeness (QED) is 0.859.